The van der Waals surface area contributed by atoms with Crippen LogP contribution in [0.25, 0.3) is 0 Å². The zero-order valence-corrected chi connectivity index (χ0v) is 18.1. The van der Waals surface area contributed by atoms with E-state index in [1.165, 1.54) is 7.11 Å². The van der Waals surface area contributed by atoms with Gasteiger partial charge >= 0.3 is 5.97 Å². The molecule has 0 aliphatic heterocycles. The van der Waals surface area contributed by atoms with Gasteiger partial charge < -0.3 is 20.1 Å². The normalized spacial score (nSPS) is 10.3. The third-order valence-electron chi connectivity index (χ3n) is 4.04. The summed E-state index contributed by atoms with van der Waals surface area (Å²) >= 11 is 11.9. The summed E-state index contributed by atoms with van der Waals surface area (Å²) < 4.78 is 10.1. The molecule has 9 heteroatoms. The molecular formula is C21H22Cl2N2O5. The lowest BCUT2D eigenvalue weighted by Gasteiger charge is -2.10. The first-order valence-corrected chi connectivity index (χ1v) is 9.89. The fraction of sp³-hybridized carbons (Fsp3) is 0.286. The summed E-state index contributed by atoms with van der Waals surface area (Å²) in [6, 6.07) is 9.96. The summed E-state index contributed by atoms with van der Waals surface area (Å²) in [5, 5.41) is 6.27. The highest BCUT2D eigenvalue weighted by Crippen LogP contribution is 2.27. The van der Waals surface area contributed by atoms with Crippen LogP contribution < -0.4 is 15.4 Å². The summed E-state index contributed by atoms with van der Waals surface area (Å²) in [6.45, 7) is 1.43. The molecule has 0 atom stereocenters. The predicted molar refractivity (Wildman–Crippen MR) is 116 cm³/mol. The standard InChI is InChI=1S/C21H22Cl2N2O5/c1-13-6-8-15(11-16(13)23)24-20(27)12-30-21(28)5-3-4-19(26)25-17-10-14(22)7-9-18(17)29-2/h6-11H,3-5,12H2,1-2H3,(H,24,27)(H,25,26). The number of halogens is 2. The number of methoxy groups -OCH3 is 1. The van der Waals surface area contributed by atoms with Crippen molar-refractivity contribution in [2.75, 3.05) is 24.4 Å². The Hall–Kier alpha value is -2.77. The van der Waals surface area contributed by atoms with E-state index in [4.69, 9.17) is 32.7 Å². The van der Waals surface area contributed by atoms with Crippen LogP contribution in [0.2, 0.25) is 10.0 Å². The van der Waals surface area contributed by atoms with Crippen molar-refractivity contribution in [3.63, 3.8) is 0 Å². The van der Waals surface area contributed by atoms with Crippen LogP contribution in [0.1, 0.15) is 24.8 Å². The Kier molecular flexibility index (Phi) is 8.95. The van der Waals surface area contributed by atoms with Crippen LogP contribution in [0.5, 0.6) is 5.75 Å². The maximum absolute atomic E-state index is 12.1. The number of hydrogen-bond donors (Lipinski definition) is 2. The van der Waals surface area contributed by atoms with Crippen LogP contribution in [0.4, 0.5) is 11.4 Å². The smallest absolute Gasteiger partial charge is 0.306 e. The molecule has 0 bridgehead atoms. The minimum Gasteiger partial charge on any atom is -0.495 e. The van der Waals surface area contributed by atoms with E-state index in [1.54, 1.807) is 36.4 Å². The fourth-order valence-electron chi connectivity index (χ4n) is 2.47. The topological polar surface area (TPSA) is 93.7 Å². The average Bonchev–Trinajstić information content (AvgIpc) is 2.69. The van der Waals surface area contributed by atoms with Gasteiger partial charge in [-0.3, -0.25) is 14.4 Å². The Labute approximate surface area is 184 Å². The van der Waals surface area contributed by atoms with Crippen LogP contribution in [0, 0.1) is 6.92 Å². The lowest BCUT2D eigenvalue weighted by Crippen LogP contribution is -2.21. The van der Waals surface area contributed by atoms with Crippen molar-refractivity contribution in [1.29, 1.82) is 0 Å². The van der Waals surface area contributed by atoms with Gasteiger partial charge in [-0.1, -0.05) is 29.3 Å². The number of anilines is 2. The van der Waals surface area contributed by atoms with Crippen molar-refractivity contribution >= 4 is 52.4 Å². The number of carbonyl (C=O) groups excluding carboxylic acids is 3. The number of nitrogens with one attached hydrogen (secondary N) is 2. The number of hydrogen-bond acceptors (Lipinski definition) is 5. The van der Waals surface area contributed by atoms with E-state index in [1.807, 2.05) is 6.92 Å². The molecular weight excluding hydrogens is 431 g/mol. The zero-order valence-electron chi connectivity index (χ0n) is 16.6. The highest BCUT2D eigenvalue weighted by atomic mass is 35.5. The summed E-state index contributed by atoms with van der Waals surface area (Å²) in [7, 11) is 1.48. The van der Waals surface area contributed by atoms with Gasteiger partial charge in [0, 0.05) is 28.6 Å². The average molecular weight is 453 g/mol. The molecule has 0 aliphatic rings. The highest BCUT2D eigenvalue weighted by Gasteiger charge is 2.12. The van der Waals surface area contributed by atoms with Crippen LogP contribution in [0.3, 0.4) is 0 Å². The number of benzene rings is 2. The van der Waals surface area contributed by atoms with Crippen molar-refractivity contribution in [3.05, 3.63) is 52.0 Å². The summed E-state index contributed by atoms with van der Waals surface area (Å²) in [5.41, 5.74) is 1.85. The van der Waals surface area contributed by atoms with E-state index in [0.29, 0.717) is 27.2 Å². The number of rotatable bonds is 9. The second-order valence-electron chi connectivity index (χ2n) is 6.42. The molecule has 0 heterocycles. The van der Waals surface area contributed by atoms with Gasteiger partial charge in [-0.25, -0.2) is 0 Å². The number of aryl methyl sites for hydroxylation is 1. The van der Waals surface area contributed by atoms with E-state index < -0.39 is 18.5 Å². The van der Waals surface area contributed by atoms with E-state index in [0.717, 1.165) is 5.56 Å². The Morgan fingerprint density at radius 2 is 1.73 bits per heavy atom. The van der Waals surface area contributed by atoms with E-state index in [2.05, 4.69) is 10.6 Å². The number of ether oxygens (including phenoxy) is 2. The molecule has 0 aliphatic carbocycles. The first-order valence-electron chi connectivity index (χ1n) is 9.13. The Morgan fingerprint density at radius 3 is 2.43 bits per heavy atom. The van der Waals surface area contributed by atoms with Gasteiger partial charge in [0.25, 0.3) is 5.91 Å². The Balaban J connectivity index is 1.69. The van der Waals surface area contributed by atoms with Crippen LogP contribution in [0.15, 0.2) is 36.4 Å². The van der Waals surface area contributed by atoms with Gasteiger partial charge in [-0.15, -0.1) is 0 Å². The molecule has 2 aromatic rings. The molecule has 2 aromatic carbocycles. The summed E-state index contributed by atoms with van der Waals surface area (Å²) in [5.74, 6) is -0.861. The van der Waals surface area contributed by atoms with Crippen molar-refractivity contribution < 1.29 is 23.9 Å². The maximum atomic E-state index is 12.1. The van der Waals surface area contributed by atoms with Gasteiger partial charge in [-0.05, 0) is 49.2 Å². The first-order chi connectivity index (χ1) is 14.3. The second kappa shape index (κ2) is 11.4. The molecule has 0 radical (unpaired) electrons. The fourth-order valence-corrected chi connectivity index (χ4v) is 2.82. The number of esters is 1. The van der Waals surface area contributed by atoms with Gasteiger partial charge in [-0.2, -0.15) is 0 Å². The predicted octanol–water partition coefficient (Wildman–Crippen LogP) is 4.60. The number of amides is 2. The third kappa shape index (κ3) is 7.57. The van der Waals surface area contributed by atoms with Crippen molar-refractivity contribution in [1.82, 2.24) is 0 Å². The number of carbonyl (C=O) groups is 3. The molecule has 0 saturated heterocycles. The largest absolute Gasteiger partial charge is 0.495 e. The maximum Gasteiger partial charge on any atom is 0.306 e. The highest BCUT2D eigenvalue weighted by molar-refractivity contribution is 6.31. The van der Waals surface area contributed by atoms with E-state index >= 15 is 0 Å². The lowest BCUT2D eigenvalue weighted by molar-refractivity contribution is -0.147. The van der Waals surface area contributed by atoms with Crippen LogP contribution in [-0.4, -0.2) is 31.5 Å². The van der Waals surface area contributed by atoms with Gasteiger partial charge in [0.05, 0.1) is 12.8 Å². The van der Waals surface area contributed by atoms with Crippen LogP contribution in [-0.2, 0) is 19.1 Å². The molecule has 2 rings (SSSR count). The molecule has 0 saturated carbocycles. The van der Waals surface area contributed by atoms with Gasteiger partial charge in [0.2, 0.25) is 5.91 Å². The molecule has 0 spiro atoms. The molecule has 160 valence electrons. The quantitative estimate of drug-likeness (QED) is 0.542. The van der Waals surface area contributed by atoms with Crippen LogP contribution >= 0.6 is 23.2 Å². The molecule has 0 unspecified atom stereocenters. The Bertz CT molecular complexity index is 934. The van der Waals surface area contributed by atoms with Crippen molar-refractivity contribution in [3.8, 4) is 5.75 Å². The van der Waals surface area contributed by atoms with Crippen molar-refractivity contribution in [2.24, 2.45) is 0 Å². The Morgan fingerprint density at radius 1 is 0.967 bits per heavy atom. The SMILES string of the molecule is COc1ccc(Cl)cc1NC(=O)CCCC(=O)OCC(=O)Nc1ccc(C)c(Cl)c1. The minimum atomic E-state index is -0.569. The van der Waals surface area contributed by atoms with E-state index in [-0.39, 0.29) is 25.2 Å². The molecule has 0 aromatic heterocycles. The lowest BCUT2D eigenvalue weighted by atomic mass is 10.2. The second-order valence-corrected chi connectivity index (χ2v) is 7.26. The zero-order chi connectivity index (χ0) is 22.1. The minimum absolute atomic E-state index is 0.00371. The monoisotopic (exact) mass is 452 g/mol. The van der Waals surface area contributed by atoms with E-state index in [9.17, 15) is 14.4 Å². The molecule has 2 amide bonds. The van der Waals surface area contributed by atoms with Gasteiger partial charge in [0.15, 0.2) is 6.61 Å². The third-order valence-corrected chi connectivity index (χ3v) is 4.68. The molecule has 2 N–H and O–H groups in total. The molecule has 7 nitrogen and oxygen atoms in total. The summed E-state index contributed by atoms with van der Waals surface area (Å²) in [6.07, 6.45) is 0.366. The van der Waals surface area contributed by atoms with Crippen molar-refractivity contribution in [2.45, 2.75) is 26.2 Å². The van der Waals surface area contributed by atoms with Gasteiger partial charge in [0.1, 0.15) is 5.75 Å². The molecule has 0 fully saturated rings. The molecule has 30 heavy (non-hydrogen) atoms. The summed E-state index contributed by atoms with van der Waals surface area (Å²) in [4.78, 5) is 35.7. The first kappa shape index (κ1) is 23.5.